The monoisotopic (exact) mass is 324 g/mol. The predicted octanol–water partition coefficient (Wildman–Crippen LogP) is 1.82. The van der Waals surface area contributed by atoms with E-state index in [9.17, 15) is 9.59 Å². The van der Waals surface area contributed by atoms with E-state index < -0.39 is 0 Å². The van der Waals surface area contributed by atoms with Crippen molar-refractivity contribution in [2.24, 2.45) is 11.7 Å². The lowest BCUT2D eigenvalue weighted by Gasteiger charge is -2.17. The van der Waals surface area contributed by atoms with Gasteiger partial charge >= 0.3 is 0 Å². The average Bonchev–Trinajstić information content (AvgIpc) is 3.04. The van der Waals surface area contributed by atoms with Crippen LogP contribution in [0.1, 0.15) is 22.8 Å². The molecule has 124 valence electrons. The zero-order valence-electron chi connectivity index (χ0n) is 13.5. The number of rotatable bonds is 4. The Balaban J connectivity index is 1.78. The van der Waals surface area contributed by atoms with Gasteiger partial charge < -0.3 is 16.0 Å². The standard InChI is InChI=1S/C18H20N4O2/c1-12(10-19)17(23)21-15-4-5-16-13(9-15)6-8-22(16)18(24)14-3-2-7-20-11-14/h2-5,7,9,11-12H,6,8,10,19H2,1H3,(H,21,23). The number of nitrogens with one attached hydrogen (secondary N) is 1. The molecule has 2 heterocycles. The molecule has 0 aliphatic carbocycles. The summed E-state index contributed by atoms with van der Waals surface area (Å²) in [6.45, 7) is 2.72. The van der Waals surface area contributed by atoms with Crippen molar-refractivity contribution < 1.29 is 9.59 Å². The fraction of sp³-hybridized carbons (Fsp3) is 0.278. The normalized spacial score (nSPS) is 14.2. The van der Waals surface area contributed by atoms with Crippen LogP contribution in [0, 0.1) is 5.92 Å². The van der Waals surface area contributed by atoms with Crippen molar-refractivity contribution in [2.75, 3.05) is 23.3 Å². The van der Waals surface area contributed by atoms with Crippen molar-refractivity contribution in [3.05, 3.63) is 53.9 Å². The van der Waals surface area contributed by atoms with Gasteiger partial charge in [0.1, 0.15) is 0 Å². The number of carbonyl (C=O) groups is 2. The summed E-state index contributed by atoms with van der Waals surface area (Å²) in [6.07, 6.45) is 3.98. The van der Waals surface area contributed by atoms with Crippen molar-refractivity contribution in [2.45, 2.75) is 13.3 Å². The molecule has 1 aliphatic heterocycles. The molecule has 0 saturated carbocycles. The molecule has 1 unspecified atom stereocenters. The van der Waals surface area contributed by atoms with Gasteiger partial charge in [-0.25, -0.2) is 0 Å². The summed E-state index contributed by atoms with van der Waals surface area (Å²) in [4.78, 5) is 30.3. The summed E-state index contributed by atoms with van der Waals surface area (Å²) >= 11 is 0. The number of anilines is 2. The summed E-state index contributed by atoms with van der Waals surface area (Å²) in [5.74, 6) is -0.393. The Morgan fingerprint density at radius 3 is 2.92 bits per heavy atom. The highest BCUT2D eigenvalue weighted by molar-refractivity contribution is 6.07. The number of nitrogens with zero attached hydrogens (tertiary/aromatic N) is 2. The molecule has 6 heteroatoms. The molecule has 1 atom stereocenters. The van der Waals surface area contributed by atoms with Gasteiger partial charge in [0.15, 0.2) is 0 Å². The van der Waals surface area contributed by atoms with Crippen LogP contribution in [0.25, 0.3) is 0 Å². The molecule has 0 bridgehead atoms. The van der Waals surface area contributed by atoms with Crippen LogP contribution in [0.3, 0.4) is 0 Å². The van der Waals surface area contributed by atoms with Gasteiger partial charge in [0.25, 0.3) is 5.91 Å². The number of hydrogen-bond donors (Lipinski definition) is 2. The highest BCUT2D eigenvalue weighted by atomic mass is 16.2. The van der Waals surface area contributed by atoms with E-state index in [1.165, 1.54) is 0 Å². The second-order valence-corrected chi connectivity index (χ2v) is 5.92. The Morgan fingerprint density at radius 2 is 2.21 bits per heavy atom. The van der Waals surface area contributed by atoms with Crippen LogP contribution >= 0.6 is 0 Å². The molecule has 24 heavy (non-hydrogen) atoms. The lowest BCUT2D eigenvalue weighted by atomic mass is 10.1. The highest BCUT2D eigenvalue weighted by Gasteiger charge is 2.26. The number of fused-ring (bicyclic) bond motifs is 1. The van der Waals surface area contributed by atoms with E-state index in [1.807, 2.05) is 18.2 Å². The van der Waals surface area contributed by atoms with Crippen molar-refractivity contribution in [3.8, 4) is 0 Å². The van der Waals surface area contributed by atoms with E-state index in [0.717, 1.165) is 23.4 Å². The van der Waals surface area contributed by atoms with Gasteiger partial charge in [-0.1, -0.05) is 6.92 Å². The second-order valence-electron chi connectivity index (χ2n) is 5.92. The van der Waals surface area contributed by atoms with Gasteiger partial charge in [-0.05, 0) is 42.3 Å². The Morgan fingerprint density at radius 1 is 1.38 bits per heavy atom. The quantitative estimate of drug-likeness (QED) is 0.898. The Hall–Kier alpha value is -2.73. The third-order valence-electron chi connectivity index (χ3n) is 4.20. The minimum Gasteiger partial charge on any atom is -0.330 e. The van der Waals surface area contributed by atoms with Crippen molar-refractivity contribution >= 4 is 23.2 Å². The smallest absolute Gasteiger partial charge is 0.259 e. The van der Waals surface area contributed by atoms with Gasteiger partial charge in [0.2, 0.25) is 5.91 Å². The molecule has 6 nitrogen and oxygen atoms in total. The summed E-state index contributed by atoms with van der Waals surface area (Å²) < 4.78 is 0. The zero-order valence-corrected chi connectivity index (χ0v) is 13.5. The molecule has 1 aliphatic rings. The third-order valence-corrected chi connectivity index (χ3v) is 4.20. The lowest BCUT2D eigenvalue weighted by Crippen LogP contribution is -2.29. The molecule has 2 aromatic rings. The maximum absolute atomic E-state index is 12.6. The number of amides is 2. The molecule has 0 fully saturated rings. The van der Waals surface area contributed by atoms with Crippen molar-refractivity contribution in [1.29, 1.82) is 0 Å². The largest absolute Gasteiger partial charge is 0.330 e. The molecule has 1 aromatic carbocycles. The maximum Gasteiger partial charge on any atom is 0.259 e. The van der Waals surface area contributed by atoms with Crippen LogP contribution in [-0.4, -0.2) is 29.9 Å². The molecule has 1 aromatic heterocycles. The number of nitrogens with two attached hydrogens (primary N) is 1. The number of aromatic nitrogens is 1. The van der Waals surface area contributed by atoms with E-state index in [2.05, 4.69) is 10.3 Å². The first kappa shape index (κ1) is 16.1. The Bertz CT molecular complexity index is 761. The molecule has 0 saturated heterocycles. The first-order chi connectivity index (χ1) is 11.6. The van der Waals surface area contributed by atoms with Crippen LogP contribution in [0.2, 0.25) is 0 Å². The minimum atomic E-state index is -0.234. The molecular weight excluding hydrogens is 304 g/mol. The topological polar surface area (TPSA) is 88.3 Å². The third kappa shape index (κ3) is 3.14. The van der Waals surface area contributed by atoms with Gasteiger partial charge in [-0.15, -0.1) is 0 Å². The van der Waals surface area contributed by atoms with Crippen LogP contribution in [0.4, 0.5) is 11.4 Å². The highest BCUT2D eigenvalue weighted by Crippen LogP contribution is 2.31. The summed E-state index contributed by atoms with van der Waals surface area (Å²) in [6, 6.07) is 9.12. The van der Waals surface area contributed by atoms with Crippen LogP contribution < -0.4 is 16.0 Å². The van der Waals surface area contributed by atoms with Gasteiger partial charge in [0.05, 0.1) is 5.56 Å². The van der Waals surface area contributed by atoms with Crippen molar-refractivity contribution in [1.82, 2.24) is 4.98 Å². The van der Waals surface area contributed by atoms with Gasteiger partial charge in [-0.2, -0.15) is 0 Å². The molecule has 0 radical (unpaired) electrons. The van der Waals surface area contributed by atoms with Crippen molar-refractivity contribution in [3.63, 3.8) is 0 Å². The predicted molar refractivity (Wildman–Crippen MR) is 92.9 cm³/mol. The molecule has 2 amide bonds. The van der Waals surface area contributed by atoms with Gasteiger partial charge in [0, 0.05) is 42.8 Å². The summed E-state index contributed by atoms with van der Waals surface area (Å²) in [5.41, 5.74) is 8.74. The molecular formula is C18H20N4O2. The fourth-order valence-corrected chi connectivity index (χ4v) is 2.71. The van der Waals surface area contributed by atoms with E-state index in [4.69, 9.17) is 5.73 Å². The fourth-order valence-electron chi connectivity index (χ4n) is 2.71. The maximum atomic E-state index is 12.6. The first-order valence-corrected chi connectivity index (χ1v) is 7.96. The minimum absolute atomic E-state index is 0.0598. The Kier molecular flexibility index (Phi) is 4.57. The van der Waals surface area contributed by atoms with Crippen LogP contribution in [0.15, 0.2) is 42.7 Å². The first-order valence-electron chi connectivity index (χ1n) is 7.96. The van der Waals surface area contributed by atoms with E-state index >= 15 is 0 Å². The zero-order chi connectivity index (χ0) is 17.1. The number of benzene rings is 1. The average molecular weight is 324 g/mol. The number of carbonyl (C=O) groups excluding carboxylic acids is 2. The Labute approximate surface area is 140 Å². The SMILES string of the molecule is CC(CN)C(=O)Nc1ccc2c(c1)CCN2C(=O)c1cccnc1. The summed E-state index contributed by atoms with van der Waals surface area (Å²) in [7, 11) is 0. The number of hydrogen-bond acceptors (Lipinski definition) is 4. The van der Waals surface area contributed by atoms with Crippen LogP contribution in [0.5, 0.6) is 0 Å². The van der Waals surface area contributed by atoms with E-state index in [1.54, 1.807) is 36.4 Å². The van der Waals surface area contributed by atoms with E-state index in [0.29, 0.717) is 18.7 Å². The van der Waals surface area contributed by atoms with Gasteiger partial charge in [-0.3, -0.25) is 14.6 Å². The van der Waals surface area contributed by atoms with E-state index in [-0.39, 0.29) is 17.7 Å². The molecule has 0 spiro atoms. The molecule has 3 rings (SSSR count). The summed E-state index contributed by atoms with van der Waals surface area (Å²) in [5, 5.41) is 2.87. The van der Waals surface area contributed by atoms with Crippen LogP contribution in [-0.2, 0) is 11.2 Å². The lowest BCUT2D eigenvalue weighted by molar-refractivity contribution is -0.119. The number of pyridine rings is 1. The molecule has 3 N–H and O–H groups in total. The second kappa shape index (κ2) is 6.80.